The normalized spacial score (nSPS) is 24.1. The molecule has 0 heterocycles. The summed E-state index contributed by atoms with van der Waals surface area (Å²) >= 11 is 0. The minimum atomic E-state index is 0.473. The fourth-order valence-corrected chi connectivity index (χ4v) is 2.64. The van der Waals surface area contributed by atoms with Crippen LogP contribution in [0.4, 0.5) is 0 Å². The van der Waals surface area contributed by atoms with Gasteiger partial charge in [0.2, 0.25) is 0 Å². The summed E-state index contributed by atoms with van der Waals surface area (Å²) in [4.78, 5) is 13.9. The molecule has 0 aliphatic heterocycles. The average Bonchev–Trinajstić information content (AvgIpc) is 2.99. The van der Waals surface area contributed by atoms with Crippen molar-refractivity contribution in [2.75, 3.05) is 6.54 Å². The molecular weight excluding hydrogens is 186 g/mol. The van der Waals surface area contributed by atoms with E-state index < -0.39 is 0 Å². The lowest BCUT2D eigenvalue weighted by Gasteiger charge is -2.37. The molecule has 0 saturated heterocycles. The van der Waals surface area contributed by atoms with E-state index in [0.717, 1.165) is 31.6 Å². The zero-order valence-electron chi connectivity index (χ0n) is 10.0. The van der Waals surface area contributed by atoms with Gasteiger partial charge in [0.1, 0.15) is 5.78 Å². The second kappa shape index (κ2) is 4.65. The number of hydrogen-bond donors (Lipinski definition) is 0. The highest BCUT2D eigenvalue weighted by Gasteiger charge is 2.31. The van der Waals surface area contributed by atoms with E-state index in [1.54, 1.807) is 0 Å². The van der Waals surface area contributed by atoms with Gasteiger partial charge in [-0.15, -0.1) is 0 Å². The predicted octanol–water partition coefficient (Wildman–Crippen LogP) is 2.62. The van der Waals surface area contributed by atoms with Crippen LogP contribution in [0, 0.1) is 5.92 Å². The maximum absolute atomic E-state index is 11.2. The van der Waals surface area contributed by atoms with Gasteiger partial charge in [-0.05, 0) is 45.4 Å². The highest BCUT2D eigenvalue weighted by Crippen LogP contribution is 2.33. The Morgan fingerprint density at radius 2 is 1.80 bits per heavy atom. The molecule has 15 heavy (non-hydrogen) atoms. The molecule has 2 nitrogen and oxygen atoms in total. The van der Waals surface area contributed by atoms with Crippen LogP contribution in [0.15, 0.2) is 0 Å². The topological polar surface area (TPSA) is 20.3 Å². The summed E-state index contributed by atoms with van der Waals surface area (Å²) < 4.78 is 0. The molecule has 0 atom stereocenters. The summed E-state index contributed by atoms with van der Waals surface area (Å²) in [5, 5.41) is 0. The van der Waals surface area contributed by atoms with Gasteiger partial charge in [-0.3, -0.25) is 9.69 Å². The van der Waals surface area contributed by atoms with E-state index in [-0.39, 0.29) is 0 Å². The van der Waals surface area contributed by atoms with E-state index in [1.807, 2.05) is 0 Å². The van der Waals surface area contributed by atoms with Crippen molar-refractivity contribution < 1.29 is 4.79 Å². The third-order valence-electron chi connectivity index (χ3n) is 3.81. The lowest BCUT2D eigenvalue weighted by molar-refractivity contribution is -0.121. The quantitative estimate of drug-likeness (QED) is 0.709. The number of Topliss-reactive ketones (excluding diaryl/α,β-unsaturated/α-hetero) is 1. The molecule has 2 fully saturated rings. The Morgan fingerprint density at radius 1 is 1.20 bits per heavy atom. The molecule has 0 spiro atoms. The molecule has 2 aliphatic carbocycles. The van der Waals surface area contributed by atoms with Crippen molar-refractivity contribution in [1.29, 1.82) is 0 Å². The van der Waals surface area contributed by atoms with E-state index in [1.165, 1.54) is 19.4 Å². The molecule has 0 N–H and O–H groups in total. The summed E-state index contributed by atoms with van der Waals surface area (Å²) in [5.41, 5.74) is 0. The Kier molecular flexibility index (Phi) is 3.45. The molecule has 2 rings (SSSR count). The van der Waals surface area contributed by atoms with E-state index >= 15 is 0 Å². The molecular formula is C13H23NO. The summed E-state index contributed by atoms with van der Waals surface area (Å²) in [6, 6.07) is 1.33. The molecule has 0 radical (unpaired) electrons. The molecule has 0 amide bonds. The SMILES string of the molecule is CC(C)N(CC1CC1)C1CCC(=O)CC1. The lowest BCUT2D eigenvalue weighted by atomic mass is 9.92. The molecule has 2 saturated carbocycles. The Hall–Kier alpha value is -0.370. The summed E-state index contributed by atoms with van der Waals surface area (Å²) in [6.07, 6.45) is 6.69. The third kappa shape index (κ3) is 3.04. The second-order valence-electron chi connectivity index (χ2n) is 5.50. The number of carbonyl (C=O) groups is 1. The molecule has 2 heteroatoms. The van der Waals surface area contributed by atoms with Gasteiger partial charge in [0, 0.05) is 31.5 Å². The van der Waals surface area contributed by atoms with E-state index in [2.05, 4.69) is 18.7 Å². The number of nitrogens with zero attached hydrogens (tertiary/aromatic N) is 1. The maximum atomic E-state index is 11.2. The van der Waals surface area contributed by atoms with Crippen molar-refractivity contribution in [1.82, 2.24) is 4.90 Å². The van der Waals surface area contributed by atoms with E-state index in [9.17, 15) is 4.79 Å². The standard InChI is InChI=1S/C13H23NO/c1-10(2)14(9-11-3-4-11)12-5-7-13(15)8-6-12/h10-12H,3-9H2,1-2H3. The van der Waals surface area contributed by atoms with Crippen LogP contribution in [0.25, 0.3) is 0 Å². The lowest BCUT2D eigenvalue weighted by Crippen LogP contribution is -2.43. The number of hydrogen-bond acceptors (Lipinski definition) is 2. The van der Waals surface area contributed by atoms with Gasteiger partial charge in [0.05, 0.1) is 0 Å². The van der Waals surface area contributed by atoms with Crippen LogP contribution in [-0.2, 0) is 4.79 Å². The first-order valence-corrected chi connectivity index (χ1v) is 6.44. The van der Waals surface area contributed by atoms with Crippen LogP contribution in [0.2, 0.25) is 0 Å². The maximum Gasteiger partial charge on any atom is 0.133 e. The Balaban J connectivity index is 1.88. The van der Waals surface area contributed by atoms with E-state index in [4.69, 9.17) is 0 Å². The molecule has 0 aromatic rings. The van der Waals surface area contributed by atoms with Crippen LogP contribution in [0.5, 0.6) is 0 Å². The zero-order chi connectivity index (χ0) is 10.8. The number of rotatable bonds is 4. The average molecular weight is 209 g/mol. The molecule has 0 aromatic carbocycles. The number of ketones is 1. The van der Waals surface area contributed by atoms with Crippen LogP contribution >= 0.6 is 0 Å². The monoisotopic (exact) mass is 209 g/mol. The van der Waals surface area contributed by atoms with Crippen molar-refractivity contribution in [3.05, 3.63) is 0 Å². The molecule has 0 bridgehead atoms. The first kappa shape index (κ1) is 11.1. The Labute approximate surface area is 93.0 Å². The Morgan fingerprint density at radius 3 is 2.27 bits per heavy atom. The van der Waals surface area contributed by atoms with Gasteiger partial charge in [0.25, 0.3) is 0 Å². The minimum Gasteiger partial charge on any atom is -0.300 e. The van der Waals surface area contributed by atoms with Gasteiger partial charge >= 0.3 is 0 Å². The molecule has 86 valence electrons. The molecule has 0 aromatic heterocycles. The summed E-state index contributed by atoms with van der Waals surface area (Å²) in [6.45, 7) is 5.86. The summed E-state index contributed by atoms with van der Waals surface area (Å²) in [7, 11) is 0. The highest BCUT2D eigenvalue weighted by atomic mass is 16.1. The van der Waals surface area contributed by atoms with Gasteiger partial charge in [0.15, 0.2) is 0 Å². The van der Waals surface area contributed by atoms with Crippen LogP contribution < -0.4 is 0 Å². The van der Waals surface area contributed by atoms with E-state index in [0.29, 0.717) is 17.9 Å². The van der Waals surface area contributed by atoms with Crippen LogP contribution in [0.1, 0.15) is 52.4 Å². The van der Waals surface area contributed by atoms with Crippen molar-refractivity contribution in [2.24, 2.45) is 5.92 Å². The van der Waals surface area contributed by atoms with Gasteiger partial charge < -0.3 is 0 Å². The van der Waals surface area contributed by atoms with Crippen LogP contribution in [0.3, 0.4) is 0 Å². The predicted molar refractivity (Wildman–Crippen MR) is 61.8 cm³/mol. The van der Waals surface area contributed by atoms with Gasteiger partial charge in [-0.25, -0.2) is 0 Å². The van der Waals surface area contributed by atoms with Gasteiger partial charge in [-0.2, -0.15) is 0 Å². The number of carbonyl (C=O) groups excluding carboxylic acids is 1. The van der Waals surface area contributed by atoms with Crippen molar-refractivity contribution >= 4 is 5.78 Å². The third-order valence-corrected chi connectivity index (χ3v) is 3.81. The largest absolute Gasteiger partial charge is 0.300 e. The fraction of sp³-hybridized carbons (Fsp3) is 0.923. The molecule has 2 aliphatic rings. The fourth-order valence-electron chi connectivity index (χ4n) is 2.64. The second-order valence-corrected chi connectivity index (χ2v) is 5.50. The van der Waals surface area contributed by atoms with Crippen molar-refractivity contribution in [3.8, 4) is 0 Å². The van der Waals surface area contributed by atoms with Gasteiger partial charge in [-0.1, -0.05) is 0 Å². The zero-order valence-corrected chi connectivity index (χ0v) is 10.0. The van der Waals surface area contributed by atoms with Crippen molar-refractivity contribution in [3.63, 3.8) is 0 Å². The minimum absolute atomic E-state index is 0.473. The highest BCUT2D eigenvalue weighted by molar-refractivity contribution is 5.79. The van der Waals surface area contributed by atoms with Crippen LogP contribution in [-0.4, -0.2) is 29.3 Å². The first-order chi connectivity index (χ1) is 7.16. The Bertz CT molecular complexity index is 223. The van der Waals surface area contributed by atoms with Crippen molar-refractivity contribution in [2.45, 2.75) is 64.5 Å². The summed E-state index contributed by atoms with van der Waals surface area (Å²) in [5.74, 6) is 1.44. The smallest absolute Gasteiger partial charge is 0.133 e. The molecule has 0 unspecified atom stereocenters. The first-order valence-electron chi connectivity index (χ1n) is 6.44.